The van der Waals surface area contributed by atoms with Crippen LogP contribution in [0.1, 0.15) is 19.4 Å². The molecule has 27 heavy (non-hydrogen) atoms. The molecule has 1 atom stereocenters. The predicted molar refractivity (Wildman–Crippen MR) is 97.1 cm³/mol. The second kappa shape index (κ2) is 8.45. The summed E-state index contributed by atoms with van der Waals surface area (Å²) < 4.78 is 58.7. The van der Waals surface area contributed by atoms with Crippen LogP contribution in [0, 0.1) is 18.6 Å². The fraction of sp³-hybridized carbons (Fsp3) is 0.278. The molecule has 2 aromatic rings. The van der Waals surface area contributed by atoms with Gasteiger partial charge >= 0.3 is 0 Å². The Morgan fingerprint density at radius 2 is 1.85 bits per heavy atom. The highest BCUT2D eigenvalue weighted by Gasteiger charge is 2.23. The number of sulfonamides is 1. The lowest BCUT2D eigenvalue weighted by molar-refractivity contribution is -0.117. The first-order chi connectivity index (χ1) is 12.6. The quantitative estimate of drug-likeness (QED) is 0.751. The van der Waals surface area contributed by atoms with Crippen LogP contribution < -0.4 is 14.8 Å². The summed E-state index contributed by atoms with van der Waals surface area (Å²) in [4.78, 5) is 12.1. The summed E-state index contributed by atoms with van der Waals surface area (Å²) in [5.41, 5.74) is 0.653. The van der Waals surface area contributed by atoms with Crippen molar-refractivity contribution in [1.29, 1.82) is 0 Å². The Morgan fingerprint density at radius 3 is 2.44 bits per heavy atom. The van der Waals surface area contributed by atoms with Crippen LogP contribution >= 0.6 is 0 Å². The minimum Gasteiger partial charge on any atom is -0.494 e. The molecule has 2 rings (SSSR count). The van der Waals surface area contributed by atoms with Crippen LogP contribution in [0.25, 0.3) is 0 Å². The normalized spacial score (nSPS) is 12.5. The fourth-order valence-electron chi connectivity index (χ4n) is 2.29. The SMILES string of the molecule is CCOc1ccc(S(=O)(=O)N[C@@H](C)C(=O)Nc2ccc(F)c(F)c2)cc1C. The lowest BCUT2D eigenvalue weighted by Gasteiger charge is -2.15. The predicted octanol–water partition coefficient (Wildman–Crippen LogP) is 2.98. The third-order valence-corrected chi connectivity index (χ3v) is 5.21. The van der Waals surface area contributed by atoms with Gasteiger partial charge in [-0.15, -0.1) is 0 Å². The molecule has 0 saturated carbocycles. The van der Waals surface area contributed by atoms with Gasteiger partial charge in [0.05, 0.1) is 17.5 Å². The van der Waals surface area contributed by atoms with Crippen LogP contribution in [-0.2, 0) is 14.8 Å². The van der Waals surface area contributed by atoms with Crippen molar-refractivity contribution in [2.24, 2.45) is 0 Å². The number of amides is 1. The zero-order valence-corrected chi connectivity index (χ0v) is 15.9. The molecule has 0 aliphatic carbocycles. The first kappa shape index (κ1) is 20.8. The van der Waals surface area contributed by atoms with Crippen LogP contribution in [-0.4, -0.2) is 27.0 Å². The maximum absolute atomic E-state index is 13.2. The molecule has 0 bridgehead atoms. The second-order valence-corrected chi connectivity index (χ2v) is 7.54. The van der Waals surface area contributed by atoms with Gasteiger partial charge in [0, 0.05) is 11.8 Å². The van der Waals surface area contributed by atoms with Gasteiger partial charge in [0.1, 0.15) is 5.75 Å². The van der Waals surface area contributed by atoms with E-state index in [1.54, 1.807) is 13.0 Å². The number of carbonyl (C=O) groups is 1. The monoisotopic (exact) mass is 398 g/mol. The molecule has 2 aromatic carbocycles. The van der Waals surface area contributed by atoms with E-state index in [1.807, 2.05) is 6.92 Å². The number of carbonyl (C=O) groups excluding carboxylic acids is 1. The topological polar surface area (TPSA) is 84.5 Å². The van der Waals surface area contributed by atoms with Crippen LogP contribution in [0.2, 0.25) is 0 Å². The number of rotatable bonds is 7. The third kappa shape index (κ3) is 5.24. The van der Waals surface area contributed by atoms with Gasteiger partial charge in [-0.1, -0.05) is 0 Å². The molecule has 0 aromatic heterocycles. The molecule has 0 heterocycles. The summed E-state index contributed by atoms with van der Waals surface area (Å²) in [7, 11) is -3.97. The van der Waals surface area contributed by atoms with Gasteiger partial charge in [0.2, 0.25) is 15.9 Å². The van der Waals surface area contributed by atoms with Gasteiger partial charge in [-0.05, 0) is 56.7 Å². The molecule has 0 saturated heterocycles. The van der Waals surface area contributed by atoms with Crippen molar-refractivity contribution in [3.63, 3.8) is 0 Å². The number of anilines is 1. The number of aryl methyl sites for hydroxylation is 1. The fourth-order valence-corrected chi connectivity index (χ4v) is 3.57. The highest BCUT2D eigenvalue weighted by Crippen LogP contribution is 2.22. The molecular formula is C18H20F2N2O4S. The Morgan fingerprint density at radius 1 is 1.15 bits per heavy atom. The molecule has 9 heteroatoms. The zero-order valence-electron chi connectivity index (χ0n) is 15.0. The molecule has 6 nitrogen and oxygen atoms in total. The molecule has 1 amide bonds. The third-order valence-electron chi connectivity index (χ3n) is 3.67. The van der Waals surface area contributed by atoms with Crippen molar-refractivity contribution >= 4 is 21.6 Å². The van der Waals surface area contributed by atoms with Crippen molar-refractivity contribution in [1.82, 2.24) is 4.72 Å². The van der Waals surface area contributed by atoms with Crippen molar-refractivity contribution in [2.45, 2.75) is 31.7 Å². The molecule has 146 valence electrons. The van der Waals surface area contributed by atoms with E-state index in [0.717, 1.165) is 12.1 Å². The molecule has 2 N–H and O–H groups in total. The van der Waals surface area contributed by atoms with Crippen molar-refractivity contribution in [3.05, 3.63) is 53.6 Å². The first-order valence-electron chi connectivity index (χ1n) is 8.15. The van der Waals surface area contributed by atoms with Gasteiger partial charge in [0.15, 0.2) is 11.6 Å². The second-order valence-electron chi connectivity index (χ2n) is 5.82. The molecule has 0 aliphatic heterocycles. The van der Waals surface area contributed by atoms with E-state index in [0.29, 0.717) is 17.9 Å². The molecule has 0 spiro atoms. The van der Waals surface area contributed by atoms with Gasteiger partial charge in [-0.3, -0.25) is 4.79 Å². The van der Waals surface area contributed by atoms with Gasteiger partial charge in [0.25, 0.3) is 0 Å². The number of ether oxygens (including phenoxy) is 1. The van der Waals surface area contributed by atoms with Crippen molar-refractivity contribution < 1.29 is 26.7 Å². The Bertz CT molecular complexity index is 948. The smallest absolute Gasteiger partial charge is 0.242 e. The summed E-state index contributed by atoms with van der Waals surface area (Å²) in [6, 6.07) is 6.06. The maximum atomic E-state index is 13.2. The number of hydrogen-bond acceptors (Lipinski definition) is 4. The average molecular weight is 398 g/mol. The van der Waals surface area contributed by atoms with E-state index in [2.05, 4.69) is 10.0 Å². The first-order valence-corrected chi connectivity index (χ1v) is 9.64. The van der Waals surface area contributed by atoms with E-state index >= 15 is 0 Å². The summed E-state index contributed by atoms with van der Waals surface area (Å²) >= 11 is 0. The molecule has 0 unspecified atom stereocenters. The highest BCUT2D eigenvalue weighted by atomic mass is 32.2. The van der Waals surface area contributed by atoms with E-state index < -0.39 is 33.6 Å². The van der Waals surface area contributed by atoms with Crippen molar-refractivity contribution in [3.8, 4) is 5.75 Å². The largest absolute Gasteiger partial charge is 0.494 e. The number of benzene rings is 2. The Hall–Kier alpha value is -2.52. The van der Waals surface area contributed by atoms with E-state index in [1.165, 1.54) is 25.1 Å². The number of halogens is 2. The van der Waals surface area contributed by atoms with E-state index in [-0.39, 0.29) is 10.6 Å². The van der Waals surface area contributed by atoms with Gasteiger partial charge in [-0.2, -0.15) is 4.72 Å². The summed E-state index contributed by atoms with van der Waals surface area (Å²) in [5, 5.41) is 2.33. The number of hydrogen-bond donors (Lipinski definition) is 2. The average Bonchev–Trinajstić information content (AvgIpc) is 2.59. The van der Waals surface area contributed by atoms with Gasteiger partial charge < -0.3 is 10.1 Å². The maximum Gasteiger partial charge on any atom is 0.242 e. The van der Waals surface area contributed by atoms with Crippen molar-refractivity contribution in [2.75, 3.05) is 11.9 Å². The summed E-state index contributed by atoms with van der Waals surface area (Å²) in [5.74, 6) is -2.31. The van der Waals surface area contributed by atoms with Crippen LogP contribution in [0.15, 0.2) is 41.3 Å². The summed E-state index contributed by atoms with van der Waals surface area (Å²) in [6.45, 7) is 5.32. The Kier molecular flexibility index (Phi) is 6.50. The van der Waals surface area contributed by atoms with E-state index in [9.17, 15) is 22.0 Å². The van der Waals surface area contributed by atoms with E-state index in [4.69, 9.17) is 4.74 Å². The van der Waals surface area contributed by atoms with Gasteiger partial charge in [-0.25, -0.2) is 17.2 Å². The minimum absolute atomic E-state index is 0.0156. The Balaban J connectivity index is 2.10. The molecular weight excluding hydrogens is 378 g/mol. The Labute approximate surface area is 156 Å². The van der Waals surface area contributed by atoms with Crippen LogP contribution in [0.4, 0.5) is 14.5 Å². The molecule has 0 fully saturated rings. The number of nitrogens with one attached hydrogen (secondary N) is 2. The highest BCUT2D eigenvalue weighted by molar-refractivity contribution is 7.89. The lowest BCUT2D eigenvalue weighted by atomic mass is 10.2. The van der Waals surface area contributed by atoms with Crippen LogP contribution in [0.3, 0.4) is 0 Å². The molecule has 0 radical (unpaired) electrons. The minimum atomic E-state index is -3.97. The van der Waals surface area contributed by atoms with Crippen LogP contribution in [0.5, 0.6) is 5.75 Å². The lowest BCUT2D eigenvalue weighted by Crippen LogP contribution is -2.41. The molecule has 0 aliphatic rings. The summed E-state index contributed by atoms with van der Waals surface area (Å²) in [6.07, 6.45) is 0. The zero-order chi connectivity index (χ0) is 20.2. The standard InChI is InChI=1S/C18H20F2N2O4S/c1-4-26-17-8-6-14(9-11(17)2)27(24,25)22-12(3)18(23)21-13-5-7-15(19)16(20)10-13/h5-10,12,22H,4H2,1-3H3,(H,21,23)/t12-/m0/s1.